The zero-order chi connectivity index (χ0) is 9.90. The van der Waals surface area contributed by atoms with E-state index in [9.17, 15) is 8.42 Å². The first-order valence-electron chi connectivity index (χ1n) is 3.29. The predicted octanol–water partition coefficient (Wildman–Crippen LogP) is 2.87. The van der Waals surface area contributed by atoms with Crippen molar-refractivity contribution in [3.63, 3.8) is 0 Å². The lowest BCUT2D eigenvalue weighted by Crippen LogP contribution is -2.02. The summed E-state index contributed by atoms with van der Waals surface area (Å²) in [5, 5.41) is 0. The molecule has 13 heavy (non-hydrogen) atoms. The molecule has 0 heterocycles. The van der Waals surface area contributed by atoms with Crippen LogP contribution in [-0.2, 0) is 8.87 Å². The Kier molecular flexibility index (Phi) is 3.91. The van der Waals surface area contributed by atoms with Gasteiger partial charge in [0.1, 0.15) is 0 Å². The van der Waals surface area contributed by atoms with E-state index < -0.39 is 13.0 Å². The second kappa shape index (κ2) is 4.55. The maximum absolute atomic E-state index is 11.2. The largest absolute Gasteiger partial charge is 0.237 e. The van der Waals surface area contributed by atoms with Gasteiger partial charge in [-0.2, -0.15) is 0 Å². The molecule has 72 valence electrons. The summed E-state index contributed by atoms with van der Waals surface area (Å²) < 4.78 is 21.0. The summed E-state index contributed by atoms with van der Waals surface area (Å²) in [5.74, 6) is 0. The summed E-state index contributed by atoms with van der Waals surface area (Å²) in [4.78, 5) is 0.605. The summed E-state index contributed by atoms with van der Waals surface area (Å²) in [5.41, 5.74) is 0. The highest BCUT2D eigenvalue weighted by Gasteiger charge is 2.21. The van der Waals surface area contributed by atoms with Crippen molar-refractivity contribution in [3.05, 3.63) is 30.3 Å². The Labute approximate surface area is 90.6 Å². The van der Waals surface area contributed by atoms with Crippen molar-refractivity contribution in [2.24, 2.45) is 0 Å². The maximum atomic E-state index is 11.2. The van der Waals surface area contributed by atoms with E-state index in [4.69, 9.17) is 23.2 Å². The molecular formula is C7H6Cl2O2S2. The fourth-order valence-electron chi connectivity index (χ4n) is 0.647. The van der Waals surface area contributed by atoms with Gasteiger partial charge < -0.3 is 0 Å². The molecule has 0 N–H and O–H groups in total. The van der Waals surface area contributed by atoms with E-state index in [1.54, 1.807) is 30.3 Å². The molecule has 0 unspecified atom stereocenters. The lowest BCUT2D eigenvalue weighted by atomic mass is 10.4. The van der Waals surface area contributed by atoms with Crippen molar-refractivity contribution in [2.45, 2.75) is 9.06 Å². The van der Waals surface area contributed by atoms with Crippen molar-refractivity contribution in [1.29, 1.82) is 0 Å². The van der Waals surface area contributed by atoms with Gasteiger partial charge in [0, 0.05) is 15.7 Å². The fourth-order valence-corrected chi connectivity index (χ4v) is 3.27. The van der Waals surface area contributed by atoms with Crippen molar-refractivity contribution in [2.75, 3.05) is 0 Å². The molecule has 0 saturated carbocycles. The third kappa shape index (κ3) is 3.38. The monoisotopic (exact) mass is 256 g/mol. The van der Waals surface area contributed by atoms with Gasteiger partial charge in [0.05, 0.1) is 0 Å². The molecule has 0 spiro atoms. The standard InChI is InChI=1S/C7H6Cl2O2S2/c8-7(9)13(10,11)12-6-4-2-1-3-5-6/h1-5,7H. The molecule has 0 saturated heterocycles. The van der Waals surface area contributed by atoms with Gasteiger partial charge in [-0.1, -0.05) is 41.4 Å². The van der Waals surface area contributed by atoms with Gasteiger partial charge in [-0.3, -0.25) is 0 Å². The highest BCUT2D eigenvalue weighted by atomic mass is 35.5. The molecule has 0 radical (unpaired) electrons. The van der Waals surface area contributed by atoms with Crippen LogP contribution in [0.4, 0.5) is 0 Å². The number of hydrogen-bond acceptors (Lipinski definition) is 3. The summed E-state index contributed by atoms with van der Waals surface area (Å²) in [6.07, 6.45) is 0. The summed E-state index contributed by atoms with van der Waals surface area (Å²) in [7, 11) is -2.84. The highest BCUT2D eigenvalue weighted by molar-refractivity contribution is 8.72. The molecule has 2 nitrogen and oxygen atoms in total. The molecule has 0 aromatic heterocycles. The van der Waals surface area contributed by atoms with Gasteiger partial charge >= 0.3 is 0 Å². The Hall–Kier alpha value is 0.1000. The molecule has 0 bridgehead atoms. The SMILES string of the molecule is O=S(=O)(Sc1ccccc1)C(Cl)Cl. The van der Waals surface area contributed by atoms with Crippen LogP contribution in [0.15, 0.2) is 35.2 Å². The molecule has 1 aromatic carbocycles. The van der Waals surface area contributed by atoms with E-state index in [0.29, 0.717) is 15.7 Å². The van der Waals surface area contributed by atoms with Gasteiger partial charge in [0.15, 0.2) is 0 Å². The number of rotatable bonds is 3. The lowest BCUT2D eigenvalue weighted by molar-refractivity contribution is 0.612. The molecule has 0 aliphatic carbocycles. The molecule has 0 aliphatic rings. The van der Waals surface area contributed by atoms with E-state index in [2.05, 4.69) is 0 Å². The van der Waals surface area contributed by atoms with Crippen LogP contribution in [0.25, 0.3) is 0 Å². The average molecular weight is 257 g/mol. The van der Waals surface area contributed by atoms with Crippen LogP contribution in [0, 0.1) is 0 Å². The predicted molar refractivity (Wildman–Crippen MR) is 56.7 cm³/mol. The topological polar surface area (TPSA) is 34.1 Å². The number of alkyl halides is 2. The second-order valence-electron chi connectivity index (χ2n) is 2.15. The van der Waals surface area contributed by atoms with E-state index in [1.165, 1.54) is 0 Å². The average Bonchev–Trinajstić information content (AvgIpc) is 2.05. The minimum atomic E-state index is -3.50. The molecule has 0 aliphatic heterocycles. The molecule has 1 aromatic rings. The Morgan fingerprint density at radius 1 is 1.15 bits per heavy atom. The van der Waals surface area contributed by atoms with Crippen LogP contribution in [0.3, 0.4) is 0 Å². The van der Waals surface area contributed by atoms with Gasteiger partial charge in [0.25, 0.3) is 0 Å². The highest BCUT2D eigenvalue weighted by Crippen LogP contribution is 2.30. The molecule has 0 atom stereocenters. The Bertz CT molecular complexity index is 361. The lowest BCUT2D eigenvalue weighted by Gasteiger charge is -2.02. The van der Waals surface area contributed by atoms with Crippen LogP contribution in [0.5, 0.6) is 0 Å². The van der Waals surface area contributed by atoms with Gasteiger partial charge in [-0.05, 0) is 12.1 Å². The first-order chi connectivity index (χ1) is 6.02. The zero-order valence-electron chi connectivity index (χ0n) is 6.35. The normalized spacial score (nSPS) is 11.9. The van der Waals surface area contributed by atoms with E-state index in [1.807, 2.05) is 0 Å². The Morgan fingerprint density at radius 3 is 2.15 bits per heavy atom. The second-order valence-corrected chi connectivity index (χ2v) is 7.75. The summed E-state index contributed by atoms with van der Waals surface area (Å²) >= 11 is 10.6. The van der Waals surface area contributed by atoms with Crippen LogP contribution < -0.4 is 0 Å². The van der Waals surface area contributed by atoms with Gasteiger partial charge in [-0.15, -0.1) is 0 Å². The summed E-state index contributed by atoms with van der Waals surface area (Å²) in [6.45, 7) is 0. The van der Waals surface area contributed by atoms with E-state index in [-0.39, 0.29) is 0 Å². The quantitative estimate of drug-likeness (QED) is 0.616. The summed E-state index contributed by atoms with van der Waals surface area (Å²) in [6, 6.07) is 8.65. The number of hydrogen-bond donors (Lipinski definition) is 0. The van der Waals surface area contributed by atoms with Crippen molar-refractivity contribution in [1.82, 2.24) is 0 Å². The van der Waals surface area contributed by atoms with Gasteiger partial charge in [-0.25, -0.2) is 8.42 Å². The maximum Gasteiger partial charge on any atom is 0.237 e. The van der Waals surface area contributed by atoms with Crippen LogP contribution in [0.1, 0.15) is 0 Å². The van der Waals surface area contributed by atoms with Gasteiger partial charge in [0.2, 0.25) is 13.0 Å². The smallest absolute Gasteiger partial charge is 0.214 e. The fraction of sp³-hybridized carbons (Fsp3) is 0.143. The molecular weight excluding hydrogens is 251 g/mol. The first-order valence-corrected chi connectivity index (χ1v) is 7.04. The Balaban J connectivity index is 2.82. The molecule has 1 rings (SSSR count). The molecule has 0 fully saturated rings. The molecule has 0 amide bonds. The van der Waals surface area contributed by atoms with Crippen molar-refractivity contribution >= 4 is 42.9 Å². The zero-order valence-corrected chi connectivity index (χ0v) is 9.50. The first kappa shape index (κ1) is 11.2. The third-order valence-electron chi connectivity index (χ3n) is 1.17. The van der Waals surface area contributed by atoms with Crippen LogP contribution in [-0.4, -0.2) is 12.6 Å². The van der Waals surface area contributed by atoms with Crippen LogP contribution in [0.2, 0.25) is 0 Å². The molecule has 6 heteroatoms. The van der Waals surface area contributed by atoms with Crippen molar-refractivity contribution < 1.29 is 8.42 Å². The third-order valence-corrected chi connectivity index (χ3v) is 6.20. The number of benzene rings is 1. The minimum absolute atomic E-state index is 0.605. The minimum Gasteiger partial charge on any atom is -0.214 e. The van der Waals surface area contributed by atoms with Crippen molar-refractivity contribution in [3.8, 4) is 0 Å². The van der Waals surface area contributed by atoms with E-state index >= 15 is 0 Å². The number of halogens is 2. The van der Waals surface area contributed by atoms with E-state index in [0.717, 1.165) is 0 Å². The van der Waals surface area contributed by atoms with Crippen LogP contribution >= 0.6 is 34.0 Å². The Morgan fingerprint density at radius 2 is 1.69 bits per heavy atom.